The van der Waals surface area contributed by atoms with Crippen LogP contribution in [0.2, 0.25) is 0 Å². The van der Waals surface area contributed by atoms with E-state index in [4.69, 9.17) is 4.74 Å². The predicted octanol–water partition coefficient (Wildman–Crippen LogP) is 4.17. The number of rotatable bonds is 4. The van der Waals surface area contributed by atoms with Crippen molar-refractivity contribution in [2.24, 2.45) is 0 Å². The van der Waals surface area contributed by atoms with Crippen LogP contribution in [0.5, 0.6) is 5.75 Å². The zero-order valence-electron chi connectivity index (χ0n) is 12.0. The normalized spacial score (nSPS) is 10.8. The molecule has 0 aliphatic rings. The molecule has 0 radical (unpaired) electrons. The first-order chi connectivity index (χ1) is 10.3. The number of thioether (sulfide) groups is 1. The Hall–Kier alpha value is -2.07. The summed E-state index contributed by atoms with van der Waals surface area (Å²) < 4.78 is 5.21. The van der Waals surface area contributed by atoms with Crippen molar-refractivity contribution in [2.75, 3.05) is 13.4 Å². The molecule has 1 aromatic carbocycles. The van der Waals surface area contributed by atoms with E-state index in [9.17, 15) is 0 Å². The van der Waals surface area contributed by atoms with E-state index in [0.717, 1.165) is 33.7 Å². The monoisotopic (exact) mass is 296 g/mol. The molecule has 2 aromatic heterocycles. The van der Waals surface area contributed by atoms with Gasteiger partial charge in [0.25, 0.3) is 0 Å². The fourth-order valence-corrected chi connectivity index (χ4v) is 2.83. The van der Waals surface area contributed by atoms with Crippen molar-refractivity contribution in [1.82, 2.24) is 9.97 Å². The van der Waals surface area contributed by atoms with Crippen LogP contribution in [-0.4, -0.2) is 23.3 Å². The molecular weight excluding hydrogens is 280 g/mol. The van der Waals surface area contributed by atoms with Crippen LogP contribution in [0.4, 0.5) is 0 Å². The predicted molar refractivity (Wildman–Crippen MR) is 88.7 cm³/mol. The summed E-state index contributed by atoms with van der Waals surface area (Å²) in [5, 5.41) is 0. The molecule has 3 aromatic rings. The van der Waals surface area contributed by atoms with Gasteiger partial charge in [-0.3, -0.25) is 9.97 Å². The van der Waals surface area contributed by atoms with Crippen molar-refractivity contribution >= 4 is 22.8 Å². The summed E-state index contributed by atoms with van der Waals surface area (Å²) in [5.74, 6) is 1.76. The molecule has 106 valence electrons. The lowest BCUT2D eigenvalue weighted by Crippen LogP contribution is -1.90. The van der Waals surface area contributed by atoms with Gasteiger partial charge in [-0.05, 0) is 23.4 Å². The summed E-state index contributed by atoms with van der Waals surface area (Å²) in [5.41, 5.74) is 5.33. The summed E-state index contributed by atoms with van der Waals surface area (Å²) in [6.07, 6.45) is 5.66. The Morgan fingerprint density at radius 1 is 1.10 bits per heavy atom. The fraction of sp³-hybridized carbons (Fsp3) is 0.176. The van der Waals surface area contributed by atoms with Crippen LogP contribution < -0.4 is 4.74 Å². The average molecular weight is 296 g/mol. The second-order valence-corrected chi connectivity index (χ2v) is 5.60. The van der Waals surface area contributed by atoms with Crippen LogP contribution >= 0.6 is 11.8 Å². The number of hydrogen-bond acceptors (Lipinski definition) is 4. The van der Waals surface area contributed by atoms with E-state index in [0.29, 0.717) is 0 Å². The Morgan fingerprint density at radius 3 is 2.62 bits per heavy atom. The lowest BCUT2D eigenvalue weighted by atomic mass is 10.0. The highest BCUT2D eigenvalue weighted by molar-refractivity contribution is 7.97. The number of hydrogen-bond donors (Lipinski definition) is 0. The summed E-state index contributed by atoms with van der Waals surface area (Å²) in [4.78, 5) is 8.87. The van der Waals surface area contributed by atoms with Crippen molar-refractivity contribution < 1.29 is 4.74 Å². The second kappa shape index (κ2) is 6.14. The van der Waals surface area contributed by atoms with Crippen LogP contribution in [0.3, 0.4) is 0 Å². The van der Waals surface area contributed by atoms with Crippen molar-refractivity contribution in [1.29, 1.82) is 0 Å². The second-order valence-electron chi connectivity index (χ2n) is 4.73. The Kier molecular flexibility index (Phi) is 4.06. The summed E-state index contributed by atoms with van der Waals surface area (Å²) in [6, 6.07) is 12.5. The molecule has 0 aliphatic carbocycles. The summed E-state index contributed by atoms with van der Waals surface area (Å²) in [7, 11) is 1.64. The van der Waals surface area contributed by atoms with Crippen LogP contribution in [0, 0.1) is 0 Å². The number of aromatic nitrogens is 2. The van der Waals surface area contributed by atoms with Crippen molar-refractivity contribution in [3.05, 3.63) is 54.4 Å². The molecule has 0 bridgehead atoms. The molecule has 3 nitrogen and oxygen atoms in total. The van der Waals surface area contributed by atoms with Gasteiger partial charge in [-0.2, -0.15) is 11.8 Å². The minimum absolute atomic E-state index is 0.725. The topological polar surface area (TPSA) is 35.0 Å². The number of methoxy groups -OCH3 is 1. The van der Waals surface area contributed by atoms with Crippen LogP contribution in [0.25, 0.3) is 22.2 Å². The van der Waals surface area contributed by atoms with Gasteiger partial charge in [0.1, 0.15) is 5.75 Å². The van der Waals surface area contributed by atoms with Crippen molar-refractivity contribution in [2.45, 2.75) is 5.75 Å². The first-order valence-corrected chi connectivity index (χ1v) is 8.08. The molecule has 0 aliphatic heterocycles. The molecule has 2 heterocycles. The number of pyridine rings is 2. The molecule has 4 heteroatoms. The summed E-state index contributed by atoms with van der Waals surface area (Å²) in [6.45, 7) is 0. The zero-order valence-corrected chi connectivity index (χ0v) is 12.9. The summed E-state index contributed by atoms with van der Waals surface area (Å²) >= 11 is 1.83. The maximum absolute atomic E-state index is 5.21. The van der Waals surface area contributed by atoms with E-state index in [1.165, 1.54) is 5.56 Å². The van der Waals surface area contributed by atoms with Crippen molar-refractivity contribution in [3.63, 3.8) is 0 Å². The Balaban J connectivity index is 2.07. The van der Waals surface area contributed by atoms with Gasteiger partial charge in [0.05, 0.1) is 24.3 Å². The first kappa shape index (κ1) is 13.9. The van der Waals surface area contributed by atoms with Crippen LogP contribution in [0.1, 0.15) is 5.56 Å². The molecule has 0 saturated carbocycles. The number of ether oxygens (including phenoxy) is 1. The standard InChI is InChI=1S/C17H16N2OS/c1-20-14-9-16-17(19-10-14)15(7-8-18-16)13-5-3-12(4-6-13)11-21-2/h3-10H,11H2,1-2H3. The minimum atomic E-state index is 0.725. The number of nitrogens with zero attached hydrogens (tertiary/aromatic N) is 2. The molecule has 21 heavy (non-hydrogen) atoms. The lowest BCUT2D eigenvalue weighted by molar-refractivity contribution is 0.413. The SMILES string of the molecule is COc1cnc2c(-c3ccc(CSC)cc3)ccnc2c1. The van der Waals surface area contributed by atoms with E-state index >= 15 is 0 Å². The lowest BCUT2D eigenvalue weighted by Gasteiger charge is -2.07. The van der Waals surface area contributed by atoms with E-state index in [1.54, 1.807) is 13.3 Å². The van der Waals surface area contributed by atoms with Gasteiger partial charge in [-0.25, -0.2) is 0 Å². The van der Waals surface area contributed by atoms with Crippen LogP contribution in [0.15, 0.2) is 48.8 Å². The highest BCUT2D eigenvalue weighted by Crippen LogP contribution is 2.28. The largest absolute Gasteiger partial charge is 0.495 e. The highest BCUT2D eigenvalue weighted by Gasteiger charge is 2.07. The van der Waals surface area contributed by atoms with Gasteiger partial charge in [-0.15, -0.1) is 0 Å². The van der Waals surface area contributed by atoms with Gasteiger partial charge in [0.15, 0.2) is 0 Å². The van der Waals surface area contributed by atoms with E-state index in [1.807, 2.05) is 30.1 Å². The van der Waals surface area contributed by atoms with Crippen LogP contribution in [-0.2, 0) is 5.75 Å². The number of fused-ring (bicyclic) bond motifs is 1. The highest BCUT2D eigenvalue weighted by atomic mass is 32.2. The Labute approximate surface area is 128 Å². The third-order valence-corrected chi connectivity index (χ3v) is 3.99. The Bertz CT molecular complexity index is 756. The van der Waals surface area contributed by atoms with E-state index in [2.05, 4.69) is 40.5 Å². The molecule has 0 saturated heterocycles. The molecule has 0 atom stereocenters. The van der Waals surface area contributed by atoms with E-state index < -0.39 is 0 Å². The smallest absolute Gasteiger partial charge is 0.139 e. The molecule has 0 amide bonds. The molecule has 0 N–H and O–H groups in total. The van der Waals surface area contributed by atoms with E-state index in [-0.39, 0.29) is 0 Å². The molecular formula is C17H16N2OS. The molecule has 0 unspecified atom stereocenters. The molecule has 0 fully saturated rings. The van der Waals surface area contributed by atoms with Crippen molar-refractivity contribution in [3.8, 4) is 16.9 Å². The fourth-order valence-electron chi connectivity index (χ4n) is 2.30. The third-order valence-electron chi connectivity index (χ3n) is 3.36. The average Bonchev–Trinajstić information content (AvgIpc) is 2.55. The van der Waals surface area contributed by atoms with Gasteiger partial charge in [-0.1, -0.05) is 24.3 Å². The van der Waals surface area contributed by atoms with Gasteiger partial charge in [0.2, 0.25) is 0 Å². The molecule has 0 spiro atoms. The zero-order chi connectivity index (χ0) is 14.7. The first-order valence-electron chi connectivity index (χ1n) is 6.69. The number of benzene rings is 1. The maximum atomic E-state index is 5.21. The van der Waals surface area contributed by atoms with Gasteiger partial charge >= 0.3 is 0 Å². The van der Waals surface area contributed by atoms with Gasteiger partial charge < -0.3 is 4.74 Å². The third kappa shape index (κ3) is 2.85. The maximum Gasteiger partial charge on any atom is 0.139 e. The quantitative estimate of drug-likeness (QED) is 0.724. The Morgan fingerprint density at radius 2 is 1.90 bits per heavy atom. The van der Waals surface area contributed by atoms with Gasteiger partial charge in [0, 0.05) is 23.6 Å². The minimum Gasteiger partial charge on any atom is -0.495 e. The molecule has 3 rings (SSSR count).